The smallest absolute Gasteiger partial charge is 0.0431 e. The summed E-state index contributed by atoms with van der Waals surface area (Å²) in [5, 5.41) is 20.5. The van der Waals surface area contributed by atoms with Crippen molar-refractivity contribution in [1.29, 1.82) is 0 Å². The predicted octanol–water partition coefficient (Wildman–Crippen LogP) is 4.25. The summed E-state index contributed by atoms with van der Waals surface area (Å²) in [6.45, 7) is 0.598. The van der Waals surface area contributed by atoms with Crippen molar-refractivity contribution in [2.75, 3.05) is 13.2 Å². The minimum atomic E-state index is 0.299. The van der Waals surface area contributed by atoms with Gasteiger partial charge in [0.15, 0.2) is 0 Å². The predicted molar refractivity (Wildman–Crippen MR) is 93.2 cm³/mol. The molecule has 0 spiro atoms. The van der Waals surface area contributed by atoms with Crippen LogP contribution in [-0.2, 0) is 12.8 Å². The fourth-order valence-electron chi connectivity index (χ4n) is 3.07. The van der Waals surface area contributed by atoms with E-state index in [9.17, 15) is 0 Å². The monoisotopic (exact) mass is 300 g/mol. The summed E-state index contributed by atoms with van der Waals surface area (Å²) in [7, 11) is 0. The number of benzene rings is 2. The molecule has 120 valence electrons. The Balaban J connectivity index is 2.08. The molecule has 0 fully saturated rings. The number of hydrogen-bond acceptors (Lipinski definition) is 2. The molecule has 0 atom stereocenters. The highest BCUT2D eigenvalue weighted by Crippen LogP contribution is 2.25. The van der Waals surface area contributed by atoms with E-state index in [1.54, 1.807) is 0 Å². The van der Waals surface area contributed by atoms with Gasteiger partial charge in [-0.3, -0.25) is 0 Å². The number of aryl methyl sites for hydroxylation is 2. The fourth-order valence-corrected chi connectivity index (χ4v) is 3.07. The summed E-state index contributed by atoms with van der Waals surface area (Å²) in [5.41, 5.74) is 2.85. The van der Waals surface area contributed by atoms with E-state index < -0.39 is 0 Å². The molecule has 2 aromatic carbocycles. The lowest BCUT2D eigenvalue weighted by Gasteiger charge is -2.11. The topological polar surface area (TPSA) is 40.5 Å². The summed E-state index contributed by atoms with van der Waals surface area (Å²) in [5.74, 6) is 0. The van der Waals surface area contributed by atoms with Gasteiger partial charge in [0.25, 0.3) is 0 Å². The Morgan fingerprint density at radius 3 is 1.41 bits per heavy atom. The fraction of sp³-hybridized carbons (Fsp3) is 0.500. The van der Waals surface area contributed by atoms with Crippen molar-refractivity contribution in [2.24, 2.45) is 0 Å². The Morgan fingerprint density at radius 2 is 1.00 bits per heavy atom. The van der Waals surface area contributed by atoms with Crippen LogP contribution < -0.4 is 0 Å². The normalized spacial score (nSPS) is 11.2. The first-order valence-electron chi connectivity index (χ1n) is 8.58. The Morgan fingerprint density at radius 1 is 0.545 bits per heavy atom. The number of rotatable bonds is 10. The molecular formula is C20H28O2. The molecule has 0 aliphatic heterocycles. The van der Waals surface area contributed by atoms with Crippen LogP contribution in [0.25, 0.3) is 10.8 Å². The highest BCUT2D eigenvalue weighted by atomic mass is 16.3. The summed E-state index contributed by atoms with van der Waals surface area (Å²) in [6, 6.07) is 13.3. The van der Waals surface area contributed by atoms with Crippen molar-refractivity contribution < 1.29 is 10.2 Å². The van der Waals surface area contributed by atoms with E-state index in [0.717, 1.165) is 51.4 Å². The Kier molecular flexibility index (Phi) is 7.41. The second-order valence-corrected chi connectivity index (χ2v) is 6.00. The van der Waals surface area contributed by atoms with Crippen LogP contribution in [0.1, 0.15) is 49.7 Å². The van der Waals surface area contributed by atoms with Gasteiger partial charge in [-0.2, -0.15) is 0 Å². The van der Waals surface area contributed by atoms with E-state index in [2.05, 4.69) is 36.4 Å². The van der Waals surface area contributed by atoms with Crippen LogP contribution in [0.2, 0.25) is 0 Å². The van der Waals surface area contributed by atoms with Crippen LogP contribution in [0, 0.1) is 0 Å². The molecule has 2 nitrogen and oxygen atoms in total. The zero-order valence-electron chi connectivity index (χ0n) is 13.4. The maximum absolute atomic E-state index is 8.88. The molecule has 0 bridgehead atoms. The van der Waals surface area contributed by atoms with Gasteiger partial charge in [0.05, 0.1) is 0 Å². The molecule has 2 heteroatoms. The maximum Gasteiger partial charge on any atom is 0.0431 e. The van der Waals surface area contributed by atoms with Crippen molar-refractivity contribution in [3.63, 3.8) is 0 Å². The number of fused-ring (bicyclic) bond motifs is 1. The number of aliphatic hydroxyl groups excluding tert-OH is 2. The number of aliphatic hydroxyl groups is 2. The average molecular weight is 300 g/mol. The van der Waals surface area contributed by atoms with Crippen molar-refractivity contribution >= 4 is 10.8 Å². The van der Waals surface area contributed by atoms with Crippen molar-refractivity contribution in [1.82, 2.24) is 0 Å². The molecular weight excluding hydrogens is 272 g/mol. The van der Waals surface area contributed by atoms with E-state index in [1.165, 1.54) is 21.9 Å². The van der Waals surface area contributed by atoms with Crippen molar-refractivity contribution in [3.8, 4) is 0 Å². The largest absolute Gasteiger partial charge is 0.396 e. The van der Waals surface area contributed by atoms with Crippen LogP contribution in [-0.4, -0.2) is 23.4 Å². The second kappa shape index (κ2) is 9.60. The first-order valence-corrected chi connectivity index (χ1v) is 8.58. The standard InChI is InChI=1S/C20H28O2/c21-15-7-1-3-9-17-13-14-18(10-4-2-8-16-22)20-12-6-5-11-19(17)20/h5-6,11-14,21-22H,1-4,7-10,15-16H2. The van der Waals surface area contributed by atoms with Crippen LogP contribution in [0.15, 0.2) is 36.4 Å². The number of hydrogen-bond donors (Lipinski definition) is 2. The maximum atomic E-state index is 8.88. The van der Waals surface area contributed by atoms with Gasteiger partial charge in [-0.1, -0.05) is 49.2 Å². The molecule has 2 aromatic rings. The van der Waals surface area contributed by atoms with Gasteiger partial charge < -0.3 is 10.2 Å². The highest BCUT2D eigenvalue weighted by molar-refractivity contribution is 5.88. The van der Waals surface area contributed by atoms with E-state index >= 15 is 0 Å². The van der Waals surface area contributed by atoms with Gasteiger partial charge in [-0.05, 0) is 60.4 Å². The van der Waals surface area contributed by atoms with E-state index in [-0.39, 0.29) is 0 Å². The summed E-state index contributed by atoms with van der Waals surface area (Å²) < 4.78 is 0. The lowest BCUT2D eigenvalue weighted by molar-refractivity contribution is 0.283. The molecule has 0 amide bonds. The third-order valence-electron chi connectivity index (χ3n) is 4.31. The van der Waals surface area contributed by atoms with Gasteiger partial charge in [-0.15, -0.1) is 0 Å². The molecule has 2 N–H and O–H groups in total. The highest BCUT2D eigenvalue weighted by Gasteiger charge is 2.05. The minimum Gasteiger partial charge on any atom is -0.396 e. The first-order chi connectivity index (χ1) is 10.9. The molecule has 2 rings (SSSR count). The summed E-state index contributed by atoms with van der Waals surface area (Å²) >= 11 is 0. The molecule has 0 heterocycles. The zero-order valence-corrected chi connectivity index (χ0v) is 13.4. The molecule has 0 aliphatic carbocycles. The molecule has 0 aromatic heterocycles. The van der Waals surface area contributed by atoms with Gasteiger partial charge in [0, 0.05) is 13.2 Å². The van der Waals surface area contributed by atoms with Crippen LogP contribution >= 0.6 is 0 Å². The van der Waals surface area contributed by atoms with Crippen LogP contribution in [0.3, 0.4) is 0 Å². The Hall–Kier alpha value is -1.38. The SMILES string of the molecule is OCCCCCc1ccc(CCCCCO)c2ccccc12. The van der Waals surface area contributed by atoms with Crippen molar-refractivity contribution in [2.45, 2.75) is 51.4 Å². The molecule has 0 aliphatic rings. The van der Waals surface area contributed by atoms with E-state index in [0.29, 0.717) is 13.2 Å². The number of unbranched alkanes of at least 4 members (excludes halogenated alkanes) is 4. The van der Waals surface area contributed by atoms with Crippen LogP contribution in [0.4, 0.5) is 0 Å². The first kappa shape index (κ1) is 17.0. The Labute approximate surface area is 133 Å². The van der Waals surface area contributed by atoms with Gasteiger partial charge in [0.1, 0.15) is 0 Å². The molecule has 0 radical (unpaired) electrons. The van der Waals surface area contributed by atoms with E-state index in [1.807, 2.05) is 0 Å². The summed E-state index contributed by atoms with van der Waals surface area (Å²) in [6.07, 6.45) is 8.45. The van der Waals surface area contributed by atoms with Gasteiger partial charge in [-0.25, -0.2) is 0 Å². The third kappa shape index (κ3) is 4.82. The lowest BCUT2D eigenvalue weighted by atomic mass is 9.94. The average Bonchev–Trinajstić information content (AvgIpc) is 2.56. The third-order valence-corrected chi connectivity index (χ3v) is 4.31. The van der Waals surface area contributed by atoms with Gasteiger partial charge >= 0.3 is 0 Å². The molecule has 22 heavy (non-hydrogen) atoms. The molecule has 0 saturated heterocycles. The van der Waals surface area contributed by atoms with Crippen LogP contribution in [0.5, 0.6) is 0 Å². The molecule has 0 unspecified atom stereocenters. The Bertz CT molecular complexity index is 512. The summed E-state index contributed by atoms with van der Waals surface area (Å²) in [4.78, 5) is 0. The second-order valence-electron chi connectivity index (χ2n) is 6.00. The zero-order chi connectivity index (χ0) is 15.6. The van der Waals surface area contributed by atoms with Gasteiger partial charge in [0.2, 0.25) is 0 Å². The van der Waals surface area contributed by atoms with E-state index in [4.69, 9.17) is 10.2 Å². The van der Waals surface area contributed by atoms with Crippen molar-refractivity contribution in [3.05, 3.63) is 47.5 Å². The lowest BCUT2D eigenvalue weighted by Crippen LogP contribution is -1.94. The quantitative estimate of drug-likeness (QED) is 0.644. The minimum absolute atomic E-state index is 0.299. The molecule has 0 saturated carbocycles.